The van der Waals surface area contributed by atoms with Crippen LogP contribution in [0.25, 0.3) is 0 Å². The molecule has 0 spiro atoms. The molecule has 7 nitrogen and oxygen atoms in total. The van der Waals surface area contributed by atoms with E-state index in [1.54, 1.807) is 0 Å². The largest absolute Gasteiger partial charge is 0.481 e. The first kappa shape index (κ1) is 15.9. The van der Waals surface area contributed by atoms with Crippen LogP contribution in [0.4, 0.5) is 0 Å². The van der Waals surface area contributed by atoms with Gasteiger partial charge in [-0.3, -0.25) is 4.79 Å². The molecule has 0 bridgehead atoms. The summed E-state index contributed by atoms with van der Waals surface area (Å²) in [5.41, 5.74) is 0. The maximum Gasteiger partial charge on any atom is 0.303 e. The summed E-state index contributed by atoms with van der Waals surface area (Å²) in [6.07, 6.45) is 3.05. The predicted molar refractivity (Wildman–Crippen MR) is 77.1 cm³/mol. The van der Waals surface area contributed by atoms with Crippen molar-refractivity contribution < 1.29 is 14.4 Å². The summed E-state index contributed by atoms with van der Waals surface area (Å²) in [6, 6.07) is 0.418. The zero-order chi connectivity index (χ0) is 15.2. The van der Waals surface area contributed by atoms with Crippen LogP contribution in [-0.2, 0) is 17.6 Å². The highest BCUT2D eigenvalue weighted by molar-refractivity contribution is 5.66. The summed E-state index contributed by atoms with van der Waals surface area (Å²) >= 11 is 0. The van der Waals surface area contributed by atoms with E-state index in [0.717, 1.165) is 38.3 Å². The monoisotopic (exact) mass is 296 g/mol. The maximum atomic E-state index is 10.4. The second-order valence-electron chi connectivity index (χ2n) is 5.81. The number of hydrogen-bond acceptors (Lipinski definition) is 6. The Bertz CT molecular complexity index is 463. The molecule has 1 aromatic rings. The van der Waals surface area contributed by atoms with Crippen LogP contribution in [0.2, 0.25) is 0 Å². The first-order valence-electron chi connectivity index (χ1n) is 7.46. The van der Waals surface area contributed by atoms with Gasteiger partial charge >= 0.3 is 5.97 Å². The van der Waals surface area contributed by atoms with Crippen molar-refractivity contribution in [3.8, 4) is 0 Å². The highest BCUT2D eigenvalue weighted by Gasteiger charge is 2.24. The molecule has 1 unspecified atom stereocenters. The van der Waals surface area contributed by atoms with E-state index in [-0.39, 0.29) is 6.42 Å². The topological polar surface area (TPSA) is 82.7 Å². The molecule has 7 heteroatoms. The minimum atomic E-state index is -0.759. The van der Waals surface area contributed by atoms with Gasteiger partial charge in [-0.15, -0.1) is 0 Å². The normalized spacial score (nSPS) is 20.8. The summed E-state index contributed by atoms with van der Waals surface area (Å²) in [7, 11) is 4.26. The van der Waals surface area contributed by atoms with Crippen LogP contribution in [0, 0.1) is 0 Å². The van der Waals surface area contributed by atoms with Gasteiger partial charge < -0.3 is 19.4 Å². The van der Waals surface area contributed by atoms with E-state index in [1.807, 2.05) is 0 Å². The number of carbonyl (C=O) groups is 1. The van der Waals surface area contributed by atoms with Gasteiger partial charge in [-0.1, -0.05) is 5.16 Å². The molecule has 118 valence electrons. The Morgan fingerprint density at radius 3 is 2.95 bits per heavy atom. The summed E-state index contributed by atoms with van der Waals surface area (Å²) in [6.45, 7) is 3.16. The van der Waals surface area contributed by atoms with Gasteiger partial charge in [-0.2, -0.15) is 4.98 Å². The average molecular weight is 296 g/mol. The van der Waals surface area contributed by atoms with E-state index < -0.39 is 5.97 Å². The van der Waals surface area contributed by atoms with Crippen molar-refractivity contribution in [2.24, 2.45) is 0 Å². The molecule has 1 N–H and O–H groups in total. The fourth-order valence-electron chi connectivity index (χ4n) is 2.56. The molecule has 1 aliphatic rings. The van der Waals surface area contributed by atoms with Crippen molar-refractivity contribution in [2.75, 3.05) is 33.7 Å². The zero-order valence-electron chi connectivity index (χ0n) is 12.8. The van der Waals surface area contributed by atoms with Gasteiger partial charge in [-0.05, 0) is 26.9 Å². The van der Waals surface area contributed by atoms with E-state index in [9.17, 15) is 4.79 Å². The molecule has 0 saturated carbocycles. The lowest BCUT2D eigenvalue weighted by atomic mass is 10.1. The van der Waals surface area contributed by atoms with Crippen molar-refractivity contribution in [3.05, 3.63) is 11.7 Å². The number of carboxylic acids is 1. The lowest BCUT2D eigenvalue weighted by Crippen LogP contribution is -2.50. The maximum absolute atomic E-state index is 10.4. The first-order chi connectivity index (χ1) is 10.0. The number of rotatable bonds is 7. The molecule has 2 heterocycles. The summed E-state index contributed by atoms with van der Waals surface area (Å²) in [5, 5.41) is 12.6. The summed E-state index contributed by atoms with van der Waals surface area (Å²) in [5.74, 6) is 0.600. The molecular formula is C14H24N4O3. The van der Waals surface area contributed by atoms with Crippen molar-refractivity contribution >= 4 is 5.97 Å². The van der Waals surface area contributed by atoms with Crippen molar-refractivity contribution in [3.63, 3.8) is 0 Å². The number of aliphatic carboxylic acids is 1. The molecule has 1 atom stereocenters. The second-order valence-corrected chi connectivity index (χ2v) is 5.81. The molecular weight excluding hydrogens is 272 g/mol. The number of carboxylic acid groups (broad SMARTS) is 1. The SMILES string of the molecule is CN1CCN(C)C(Cc2noc(CCCCC(=O)O)n2)C1. The van der Waals surface area contributed by atoms with Crippen molar-refractivity contribution in [1.29, 1.82) is 0 Å². The molecule has 1 fully saturated rings. The van der Waals surface area contributed by atoms with Crippen LogP contribution >= 0.6 is 0 Å². The Balaban J connectivity index is 1.78. The van der Waals surface area contributed by atoms with Crippen LogP contribution in [0.15, 0.2) is 4.52 Å². The molecule has 21 heavy (non-hydrogen) atoms. The number of unbranched alkanes of at least 4 members (excludes halogenated alkanes) is 1. The van der Waals surface area contributed by atoms with Crippen molar-refractivity contribution in [1.82, 2.24) is 19.9 Å². The van der Waals surface area contributed by atoms with Gasteiger partial charge in [0.05, 0.1) is 0 Å². The Morgan fingerprint density at radius 2 is 2.19 bits per heavy atom. The highest BCUT2D eigenvalue weighted by Crippen LogP contribution is 2.12. The fraction of sp³-hybridized carbons (Fsp3) is 0.786. The Labute approximate surface area is 124 Å². The molecule has 1 aromatic heterocycles. The number of piperazine rings is 1. The third kappa shape index (κ3) is 5.09. The van der Waals surface area contributed by atoms with Gasteiger partial charge in [0.2, 0.25) is 5.89 Å². The third-order valence-electron chi connectivity index (χ3n) is 3.94. The summed E-state index contributed by atoms with van der Waals surface area (Å²) < 4.78 is 5.23. The van der Waals surface area contributed by atoms with Crippen LogP contribution in [-0.4, -0.2) is 70.8 Å². The lowest BCUT2D eigenvalue weighted by Gasteiger charge is -2.37. The van der Waals surface area contributed by atoms with Gasteiger partial charge in [0.25, 0.3) is 0 Å². The van der Waals surface area contributed by atoms with Crippen LogP contribution < -0.4 is 0 Å². The third-order valence-corrected chi connectivity index (χ3v) is 3.94. The quantitative estimate of drug-likeness (QED) is 0.740. The highest BCUT2D eigenvalue weighted by atomic mass is 16.5. The average Bonchev–Trinajstić information content (AvgIpc) is 2.86. The molecule has 1 aliphatic heterocycles. The van der Waals surface area contributed by atoms with Crippen LogP contribution in [0.1, 0.15) is 31.0 Å². The summed E-state index contributed by atoms with van der Waals surface area (Å²) in [4.78, 5) is 19.5. The van der Waals surface area contributed by atoms with E-state index in [2.05, 4.69) is 34.0 Å². The van der Waals surface area contributed by atoms with Crippen molar-refractivity contribution in [2.45, 2.75) is 38.1 Å². The second kappa shape index (κ2) is 7.51. The van der Waals surface area contributed by atoms with Gasteiger partial charge in [0, 0.05) is 44.9 Å². The molecule has 0 amide bonds. The number of nitrogens with zero attached hydrogens (tertiary/aromatic N) is 4. The minimum absolute atomic E-state index is 0.195. The number of aromatic nitrogens is 2. The Kier molecular flexibility index (Phi) is 5.69. The molecule has 2 rings (SSSR count). The van der Waals surface area contributed by atoms with Gasteiger partial charge in [-0.25, -0.2) is 0 Å². The zero-order valence-corrected chi connectivity index (χ0v) is 12.8. The fourth-order valence-corrected chi connectivity index (χ4v) is 2.56. The number of likely N-dealkylation sites (N-methyl/N-ethyl adjacent to an activating group) is 2. The Hall–Kier alpha value is -1.47. The van der Waals surface area contributed by atoms with Crippen LogP contribution in [0.5, 0.6) is 0 Å². The van der Waals surface area contributed by atoms with Gasteiger partial charge in [0.1, 0.15) is 0 Å². The van der Waals surface area contributed by atoms with Crippen LogP contribution in [0.3, 0.4) is 0 Å². The molecule has 0 aliphatic carbocycles. The van der Waals surface area contributed by atoms with E-state index in [4.69, 9.17) is 9.63 Å². The Morgan fingerprint density at radius 1 is 1.38 bits per heavy atom. The van der Waals surface area contributed by atoms with E-state index in [1.165, 1.54) is 0 Å². The lowest BCUT2D eigenvalue weighted by molar-refractivity contribution is -0.137. The molecule has 0 radical (unpaired) electrons. The first-order valence-corrected chi connectivity index (χ1v) is 7.46. The standard InChI is InChI=1S/C14H24N4O3/c1-17-7-8-18(2)11(10-17)9-12-15-13(21-16-12)5-3-4-6-14(19)20/h11H,3-10H2,1-2H3,(H,19,20). The molecule has 1 saturated heterocycles. The van der Waals surface area contributed by atoms with E-state index in [0.29, 0.717) is 24.8 Å². The van der Waals surface area contributed by atoms with Gasteiger partial charge in [0.15, 0.2) is 5.82 Å². The number of aryl methyl sites for hydroxylation is 1. The van der Waals surface area contributed by atoms with E-state index >= 15 is 0 Å². The molecule has 0 aromatic carbocycles. The minimum Gasteiger partial charge on any atom is -0.481 e. The predicted octanol–water partition coefficient (Wildman–Crippen LogP) is 0.655. The number of hydrogen-bond donors (Lipinski definition) is 1. The smallest absolute Gasteiger partial charge is 0.303 e.